The molecular formula is C17H19N3O4S. The van der Waals surface area contributed by atoms with Gasteiger partial charge in [-0.05, 0) is 36.4 Å². The molecule has 0 spiro atoms. The van der Waals surface area contributed by atoms with Crippen molar-refractivity contribution in [2.75, 3.05) is 17.2 Å². The molecule has 7 nitrogen and oxygen atoms in total. The molecule has 2 aromatic carbocycles. The molecule has 0 aliphatic carbocycles. The number of anilines is 2. The highest BCUT2D eigenvalue weighted by molar-refractivity contribution is 7.89. The molecule has 0 unspecified atom stereocenters. The molecule has 25 heavy (non-hydrogen) atoms. The summed E-state index contributed by atoms with van der Waals surface area (Å²) in [5.74, 6) is -0.520. The van der Waals surface area contributed by atoms with E-state index in [1.165, 1.54) is 31.2 Å². The highest BCUT2D eigenvalue weighted by atomic mass is 32.2. The maximum absolute atomic E-state index is 12.2. The molecule has 0 bridgehead atoms. The minimum Gasteiger partial charge on any atom is -0.326 e. The van der Waals surface area contributed by atoms with Crippen LogP contribution >= 0.6 is 0 Å². The summed E-state index contributed by atoms with van der Waals surface area (Å²) in [5, 5.41) is 5.24. The first kappa shape index (κ1) is 18.6. The minimum absolute atomic E-state index is 0.0120. The second-order valence-electron chi connectivity index (χ2n) is 5.27. The molecule has 2 amide bonds. The number of benzene rings is 2. The van der Waals surface area contributed by atoms with Gasteiger partial charge in [0.15, 0.2) is 0 Å². The topological polar surface area (TPSA) is 104 Å². The Morgan fingerprint density at radius 1 is 0.880 bits per heavy atom. The molecule has 0 aromatic heterocycles. The van der Waals surface area contributed by atoms with Crippen LogP contribution in [-0.2, 0) is 19.6 Å². The number of para-hydroxylation sites is 1. The summed E-state index contributed by atoms with van der Waals surface area (Å²) in [6.45, 7) is 1.35. The van der Waals surface area contributed by atoms with Crippen molar-refractivity contribution in [1.82, 2.24) is 4.72 Å². The van der Waals surface area contributed by atoms with Gasteiger partial charge in [-0.3, -0.25) is 9.59 Å². The van der Waals surface area contributed by atoms with E-state index in [-0.39, 0.29) is 29.7 Å². The van der Waals surface area contributed by atoms with E-state index in [1.54, 1.807) is 24.3 Å². The molecule has 0 radical (unpaired) electrons. The summed E-state index contributed by atoms with van der Waals surface area (Å²) in [6, 6.07) is 14.7. The molecule has 2 aromatic rings. The van der Waals surface area contributed by atoms with Gasteiger partial charge in [0.2, 0.25) is 21.8 Å². The zero-order valence-corrected chi connectivity index (χ0v) is 14.5. The van der Waals surface area contributed by atoms with Gasteiger partial charge in [-0.15, -0.1) is 0 Å². The fraction of sp³-hybridized carbons (Fsp3) is 0.176. The summed E-state index contributed by atoms with van der Waals surface area (Å²) in [7, 11) is -3.72. The van der Waals surface area contributed by atoms with Gasteiger partial charge in [0.25, 0.3) is 0 Å². The first-order chi connectivity index (χ1) is 11.9. The molecule has 0 heterocycles. The third-order valence-electron chi connectivity index (χ3n) is 3.19. The molecule has 2 rings (SSSR count). The lowest BCUT2D eigenvalue weighted by atomic mass is 10.3. The lowest BCUT2D eigenvalue weighted by Crippen LogP contribution is -2.27. The van der Waals surface area contributed by atoms with Crippen LogP contribution < -0.4 is 15.4 Å². The molecule has 0 aliphatic rings. The van der Waals surface area contributed by atoms with Crippen LogP contribution in [0.4, 0.5) is 11.4 Å². The number of sulfonamides is 1. The van der Waals surface area contributed by atoms with Crippen LogP contribution in [0.15, 0.2) is 59.5 Å². The highest BCUT2D eigenvalue weighted by Crippen LogP contribution is 2.14. The first-order valence-electron chi connectivity index (χ1n) is 7.59. The molecular weight excluding hydrogens is 342 g/mol. The van der Waals surface area contributed by atoms with Gasteiger partial charge in [-0.2, -0.15) is 0 Å². The van der Waals surface area contributed by atoms with E-state index in [0.29, 0.717) is 11.4 Å². The van der Waals surface area contributed by atoms with Gasteiger partial charge in [-0.25, -0.2) is 13.1 Å². The Morgan fingerprint density at radius 3 is 2.08 bits per heavy atom. The Balaban J connectivity index is 1.86. The van der Waals surface area contributed by atoms with E-state index < -0.39 is 10.0 Å². The van der Waals surface area contributed by atoms with Crippen LogP contribution in [0.1, 0.15) is 13.3 Å². The average Bonchev–Trinajstić information content (AvgIpc) is 2.55. The van der Waals surface area contributed by atoms with Crippen LogP contribution in [0.25, 0.3) is 0 Å². The normalized spacial score (nSPS) is 10.9. The van der Waals surface area contributed by atoms with E-state index >= 15 is 0 Å². The molecule has 8 heteroatoms. The summed E-state index contributed by atoms with van der Waals surface area (Å²) >= 11 is 0. The van der Waals surface area contributed by atoms with Crippen LogP contribution in [0.3, 0.4) is 0 Å². The zero-order chi connectivity index (χ0) is 18.3. The molecule has 0 saturated carbocycles. The lowest BCUT2D eigenvalue weighted by molar-refractivity contribution is -0.116. The Labute approximate surface area is 146 Å². The number of amides is 2. The maximum Gasteiger partial charge on any atom is 0.240 e. The van der Waals surface area contributed by atoms with Crippen molar-refractivity contribution in [3.05, 3.63) is 54.6 Å². The summed E-state index contributed by atoms with van der Waals surface area (Å²) < 4.78 is 26.7. The van der Waals surface area contributed by atoms with E-state index in [4.69, 9.17) is 0 Å². The zero-order valence-electron chi connectivity index (χ0n) is 13.7. The van der Waals surface area contributed by atoms with E-state index in [2.05, 4.69) is 15.4 Å². The predicted molar refractivity (Wildman–Crippen MR) is 95.6 cm³/mol. The molecule has 0 saturated heterocycles. The molecule has 0 atom stereocenters. The number of carbonyl (C=O) groups excluding carboxylic acids is 2. The van der Waals surface area contributed by atoms with Crippen molar-refractivity contribution >= 4 is 33.2 Å². The number of carbonyl (C=O) groups is 2. The van der Waals surface area contributed by atoms with E-state index in [9.17, 15) is 18.0 Å². The van der Waals surface area contributed by atoms with Gasteiger partial charge in [0.1, 0.15) is 0 Å². The van der Waals surface area contributed by atoms with Crippen molar-refractivity contribution in [2.24, 2.45) is 0 Å². The van der Waals surface area contributed by atoms with Gasteiger partial charge >= 0.3 is 0 Å². The van der Waals surface area contributed by atoms with Crippen molar-refractivity contribution in [1.29, 1.82) is 0 Å². The maximum atomic E-state index is 12.2. The Hall–Kier alpha value is -2.71. The first-order valence-corrected chi connectivity index (χ1v) is 9.07. The molecule has 132 valence electrons. The van der Waals surface area contributed by atoms with Crippen LogP contribution in [0.5, 0.6) is 0 Å². The quantitative estimate of drug-likeness (QED) is 0.701. The second kappa shape index (κ2) is 8.41. The van der Waals surface area contributed by atoms with E-state index in [1.807, 2.05) is 6.07 Å². The van der Waals surface area contributed by atoms with Crippen molar-refractivity contribution in [2.45, 2.75) is 18.2 Å². The van der Waals surface area contributed by atoms with Crippen LogP contribution in [0, 0.1) is 0 Å². The second-order valence-corrected chi connectivity index (χ2v) is 7.03. The average molecular weight is 361 g/mol. The van der Waals surface area contributed by atoms with Crippen molar-refractivity contribution in [3.8, 4) is 0 Å². The Morgan fingerprint density at radius 2 is 1.48 bits per heavy atom. The summed E-state index contributed by atoms with van der Waals surface area (Å²) in [5.41, 5.74) is 1.16. The molecule has 3 N–H and O–H groups in total. The highest BCUT2D eigenvalue weighted by Gasteiger charge is 2.14. The molecule has 0 aliphatic heterocycles. The van der Waals surface area contributed by atoms with Gasteiger partial charge in [0.05, 0.1) is 4.90 Å². The van der Waals surface area contributed by atoms with Gasteiger partial charge < -0.3 is 10.6 Å². The number of hydrogen-bond donors (Lipinski definition) is 3. The Kier molecular flexibility index (Phi) is 6.26. The smallest absolute Gasteiger partial charge is 0.240 e. The number of nitrogens with one attached hydrogen (secondary N) is 3. The van der Waals surface area contributed by atoms with Gasteiger partial charge in [-0.1, -0.05) is 18.2 Å². The largest absolute Gasteiger partial charge is 0.326 e. The van der Waals surface area contributed by atoms with Crippen molar-refractivity contribution in [3.63, 3.8) is 0 Å². The monoisotopic (exact) mass is 361 g/mol. The molecule has 0 fully saturated rings. The van der Waals surface area contributed by atoms with Crippen molar-refractivity contribution < 1.29 is 18.0 Å². The third-order valence-corrected chi connectivity index (χ3v) is 4.66. The van der Waals surface area contributed by atoms with Crippen LogP contribution in [-0.4, -0.2) is 26.8 Å². The summed E-state index contributed by atoms with van der Waals surface area (Å²) in [6.07, 6.45) is 0.0120. The Bertz CT molecular complexity index is 834. The van der Waals surface area contributed by atoms with Crippen LogP contribution in [0.2, 0.25) is 0 Å². The SMILES string of the molecule is CC(=O)Nc1ccc(S(=O)(=O)NCCC(=O)Nc2ccccc2)cc1. The standard InChI is InChI=1S/C17H19N3O4S/c1-13(21)19-15-7-9-16(10-8-15)25(23,24)18-12-11-17(22)20-14-5-3-2-4-6-14/h2-10,18H,11-12H2,1H3,(H,19,21)(H,20,22). The minimum atomic E-state index is -3.72. The fourth-order valence-electron chi connectivity index (χ4n) is 2.05. The van der Waals surface area contributed by atoms with E-state index in [0.717, 1.165) is 0 Å². The van der Waals surface area contributed by atoms with Gasteiger partial charge in [0, 0.05) is 31.3 Å². The lowest BCUT2D eigenvalue weighted by Gasteiger charge is -2.08. The number of rotatable bonds is 7. The fourth-order valence-corrected chi connectivity index (χ4v) is 3.08. The number of hydrogen-bond acceptors (Lipinski definition) is 4. The predicted octanol–water partition coefficient (Wildman–Crippen LogP) is 1.95. The third kappa shape index (κ3) is 6.02. The summed E-state index contributed by atoms with van der Waals surface area (Å²) in [4.78, 5) is 22.8.